The van der Waals surface area contributed by atoms with Gasteiger partial charge < -0.3 is 13.8 Å². The Labute approximate surface area is 129 Å². The molecule has 0 spiro atoms. The molecule has 0 radical (unpaired) electrons. The van der Waals surface area contributed by atoms with Gasteiger partial charge in [0.25, 0.3) is 0 Å². The van der Waals surface area contributed by atoms with Crippen molar-refractivity contribution in [1.29, 1.82) is 0 Å². The molecule has 4 nitrogen and oxygen atoms in total. The molecule has 112 valence electrons. The van der Waals surface area contributed by atoms with E-state index in [9.17, 15) is 0 Å². The second-order valence-electron chi connectivity index (χ2n) is 5.66. The minimum Gasteiger partial charge on any atom is -0.496 e. The van der Waals surface area contributed by atoms with E-state index in [4.69, 9.17) is 9.26 Å². The largest absolute Gasteiger partial charge is 0.496 e. The Bertz CT molecular complexity index is 801. The fourth-order valence-electron chi connectivity index (χ4n) is 3.25. The molecule has 0 saturated heterocycles. The van der Waals surface area contributed by atoms with Gasteiger partial charge in [0.15, 0.2) is 5.76 Å². The van der Waals surface area contributed by atoms with E-state index in [1.165, 1.54) is 11.1 Å². The summed E-state index contributed by atoms with van der Waals surface area (Å²) >= 11 is 0. The van der Waals surface area contributed by atoms with Crippen LogP contribution >= 0.6 is 0 Å². The van der Waals surface area contributed by atoms with E-state index in [1.54, 1.807) is 7.11 Å². The monoisotopic (exact) mass is 294 g/mol. The third-order valence-corrected chi connectivity index (χ3v) is 4.33. The zero-order chi connectivity index (χ0) is 14.9. The predicted molar refractivity (Wildman–Crippen MR) is 84.1 cm³/mol. The zero-order valence-electron chi connectivity index (χ0n) is 12.6. The maximum absolute atomic E-state index is 5.55. The third kappa shape index (κ3) is 2.11. The van der Waals surface area contributed by atoms with Crippen LogP contribution in [0.2, 0.25) is 0 Å². The second-order valence-corrected chi connectivity index (χ2v) is 5.66. The van der Waals surface area contributed by atoms with Gasteiger partial charge in [-0.05, 0) is 37.0 Å². The van der Waals surface area contributed by atoms with Gasteiger partial charge in [-0.25, -0.2) is 0 Å². The lowest BCUT2D eigenvalue weighted by Crippen LogP contribution is -2.03. The lowest BCUT2D eigenvalue weighted by molar-refractivity contribution is 0.408. The number of rotatable bonds is 3. The topological polar surface area (TPSA) is 40.2 Å². The molecule has 0 unspecified atom stereocenters. The summed E-state index contributed by atoms with van der Waals surface area (Å²) in [6.07, 6.45) is 7.24. The number of fused-ring (bicyclic) bond motifs is 3. The minimum atomic E-state index is 0.763. The first kappa shape index (κ1) is 13.2. The van der Waals surface area contributed by atoms with Gasteiger partial charge in [-0.3, -0.25) is 0 Å². The molecule has 0 N–H and O–H groups in total. The third-order valence-electron chi connectivity index (χ3n) is 4.33. The Balaban J connectivity index is 1.79. The van der Waals surface area contributed by atoms with E-state index in [1.807, 2.05) is 24.4 Å². The highest BCUT2D eigenvalue weighted by atomic mass is 16.5. The zero-order valence-corrected chi connectivity index (χ0v) is 12.6. The van der Waals surface area contributed by atoms with Crippen LogP contribution in [0.5, 0.6) is 5.75 Å². The van der Waals surface area contributed by atoms with Crippen LogP contribution in [0, 0.1) is 0 Å². The van der Waals surface area contributed by atoms with Crippen LogP contribution in [0.15, 0.2) is 47.2 Å². The van der Waals surface area contributed by atoms with Crippen molar-refractivity contribution in [3.63, 3.8) is 0 Å². The van der Waals surface area contributed by atoms with Crippen LogP contribution < -0.4 is 4.74 Å². The van der Waals surface area contributed by atoms with E-state index in [0.717, 1.165) is 48.6 Å². The van der Waals surface area contributed by atoms with E-state index in [2.05, 4.69) is 28.1 Å². The molecule has 1 aliphatic rings. The predicted octanol–water partition coefficient (Wildman–Crippen LogP) is 3.69. The van der Waals surface area contributed by atoms with Crippen LogP contribution in [0.25, 0.3) is 11.5 Å². The van der Waals surface area contributed by atoms with Crippen LogP contribution in [0.3, 0.4) is 0 Å². The van der Waals surface area contributed by atoms with Crippen molar-refractivity contribution in [2.45, 2.75) is 25.8 Å². The molecule has 0 fully saturated rings. The lowest BCUT2D eigenvalue weighted by Gasteiger charge is -2.12. The summed E-state index contributed by atoms with van der Waals surface area (Å²) in [7, 11) is 1.71. The molecule has 0 bridgehead atoms. The maximum atomic E-state index is 5.55. The van der Waals surface area contributed by atoms with Crippen LogP contribution in [-0.4, -0.2) is 16.8 Å². The number of methoxy groups -OCH3 is 1. The van der Waals surface area contributed by atoms with Crippen LogP contribution in [0.1, 0.15) is 23.1 Å². The highest BCUT2D eigenvalue weighted by Gasteiger charge is 2.22. The Morgan fingerprint density at radius 1 is 1.18 bits per heavy atom. The van der Waals surface area contributed by atoms with Crippen LogP contribution in [0.4, 0.5) is 0 Å². The van der Waals surface area contributed by atoms with Gasteiger partial charge in [-0.2, -0.15) is 0 Å². The van der Waals surface area contributed by atoms with Gasteiger partial charge in [-0.1, -0.05) is 23.4 Å². The van der Waals surface area contributed by atoms with Gasteiger partial charge in [-0.15, -0.1) is 0 Å². The van der Waals surface area contributed by atoms with E-state index >= 15 is 0 Å². The average molecular weight is 294 g/mol. The van der Waals surface area contributed by atoms with Crippen molar-refractivity contribution < 1.29 is 9.26 Å². The first-order valence-corrected chi connectivity index (χ1v) is 7.60. The van der Waals surface area contributed by atoms with E-state index in [0.29, 0.717) is 0 Å². The molecular formula is C18H18N2O2. The van der Waals surface area contributed by atoms with Crippen molar-refractivity contribution in [3.8, 4) is 17.2 Å². The van der Waals surface area contributed by atoms with E-state index in [-0.39, 0.29) is 0 Å². The summed E-state index contributed by atoms with van der Waals surface area (Å²) in [5.41, 5.74) is 4.87. The van der Waals surface area contributed by atoms with Crippen molar-refractivity contribution >= 4 is 0 Å². The number of nitrogens with zero attached hydrogens (tertiary/aromatic N) is 2. The molecule has 2 heterocycles. The minimum absolute atomic E-state index is 0.763. The molecule has 22 heavy (non-hydrogen) atoms. The van der Waals surface area contributed by atoms with Crippen molar-refractivity contribution in [2.75, 3.05) is 7.11 Å². The molecule has 1 aromatic carbocycles. The first-order valence-electron chi connectivity index (χ1n) is 7.60. The molecule has 0 aliphatic heterocycles. The van der Waals surface area contributed by atoms with Crippen molar-refractivity contribution in [3.05, 3.63) is 59.4 Å². The summed E-state index contributed by atoms with van der Waals surface area (Å²) in [6, 6.07) is 10.3. The quantitative estimate of drug-likeness (QED) is 0.739. The number of para-hydroxylation sites is 1. The van der Waals surface area contributed by atoms with Gasteiger partial charge in [0, 0.05) is 17.3 Å². The number of benzene rings is 1. The highest BCUT2D eigenvalue weighted by Crippen LogP contribution is 2.34. The molecular weight excluding hydrogens is 276 g/mol. The molecule has 0 atom stereocenters. The van der Waals surface area contributed by atoms with Gasteiger partial charge in [0.1, 0.15) is 5.75 Å². The SMILES string of the molecule is COc1ccccc1Cn1ccc2c1-c1oncc1CCC2. The van der Waals surface area contributed by atoms with Crippen molar-refractivity contribution in [2.24, 2.45) is 0 Å². The van der Waals surface area contributed by atoms with Crippen LogP contribution in [-0.2, 0) is 19.4 Å². The van der Waals surface area contributed by atoms with Crippen molar-refractivity contribution in [1.82, 2.24) is 9.72 Å². The molecule has 0 amide bonds. The standard InChI is InChI=1S/C18H18N2O2/c1-21-16-8-3-2-5-15(16)12-20-10-9-13-6-4-7-14-11-19-22-18(14)17(13)20/h2-3,5,8-11H,4,6-7,12H2,1H3. The summed E-state index contributed by atoms with van der Waals surface area (Å²) < 4.78 is 13.3. The number of ether oxygens (including phenoxy) is 1. The summed E-state index contributed by atoms with van der Waals surface area (Å²) in [4.78, 5) is 0. The Kier molecular flexibility index (Phi) is 3.22. The Hall–Kier alpha value is -2.49. The smallest absolute Gasteiger partial charge is 0.186 e. The number of aromatic nitrogens is 2. The Morgan fingerprint density at radius 2 is 2.05 bits per heavy atom. The van der Waals surface area contributed by atoms with E-state index < -0.39 is 0 Å². The molecule has 2 aromatic heterocycles. The second kappa shape index (κ2) is 5.37. The van der Waals surface area contributed by atoms with Gasteiger partial charge in [0.05, 0.1) is 25.5 Å². The molecule has 4 rings (SSSR count). The summed E-state index contributed by atoms with van der Waals surface area (Å²) in [6.45, 7) is 0.763. The fourth-order valence-corrected chi connectivity index (χ4v) is 3.25. The Morgan fingerprint density at radius 3 is 2.95 bits per heavy atom. The highest BCUT2D eigenvalue weighted by molar-refractivity contribution is 5.63. The molecule has 1 aliphatic carbocycles. The summed E-state index contributed by atoms with van der Waals surface area (Å²) in [5.74, 6) is 1.84. The number of hydrogen-bond donors (Lipinski definition) is 0. The molecule has 0 saturated carbocycles. The molecule has 3 aromatic rings. The molecule has 4 heteroatoms. The average Bonchev–Trinajstić information content (AvgIpc) is 3.11. The lowest BCUT2D eigenvalue weighted by atomic mass is 10.1. The number of aryl methyl sites for hydroxylation is 2. The number of hydrogen-bond acceptors (Lipinski definition) is 3. The first-order chi connectivity index (χ1) is 10.9. The normalized spacial score (nSPS) is 13.3. The van der Waals surface area contributed by atoms with Gasteiger partial charge >= 0.3 is 0 Å². The fraction of sp³-hybridized carbons (Fsp3) is 0.278. The summed E-state index contributed by atoms with van der Waals surface area (Å²) in [5, 5.41) is 3.99. The maximum Gasteiger partial charge on any atom is 0.186 e. The van der Waals surface area contributed by atoms with Gasteiger partial charge in [0.2, 0.25) is 0 Å².